The molecule has 1 aliphatic rings. The standard InChI is InChI=1S/C24H21BrF5N3O3/c1-13(34)17-12-33(19-6-5-14(25)9-16(17)19)8-7-32-11-15(26)10-20(32)23(35)31-18-3-2-4-21(22(18)27)36-24(28,29)30/h2-6,9,12,15,20H,7-8,10-11H2,1H3,(H,31,35)/t15-,20+/m1/s1. The number of alkyl halides is 4. The van der Waals surface area contributed by atoms with Gasteiger partial charge in [-0.05, 0) is 37.3 Å². The summed E-state index contributed by atoms with van der Waals surface area (Å²) in [6, 6.07) is 7.52. The zero-order chi connectivity index (χ0) is 26.2. The normalized spacial score (nSPS) is 18.5. The summed E-state index contributed by atoms with van der Waals surface area (Å²) in [7, 11) is 0. The fourth-order valence-electron chi connectivity index (χ4n) is 4.37. The van der Waals surface area contributed by atoms with Crippen molar-refractivity contribution in [1.29, 1.82) is 0 Å². The fraction of sp³-hybridized carbons (Fsp3) is 0.333. The number of likely N-dealkylation sites (tertiary alicyclic amines) is 1. The Labute approximate surface area is 211 Å². The number of halogens is 6. The van der Waals surface area contributed by atoms with Crippen molar-refractivity contribution in [3.05, 3.63) is 58.4 Å². The maximum atomic E-state index is 14.5. The van der Waals surface area contributed by atoms with Crippen LogP contribution in [-0.4, -0.2) is 52.8 Å². The topological polar surface area (TPSA) is 63.6 Å². The molecule has 3 aromatic rings. The van der Waals surface area contributed by atoms with Crippen LogP contribution in [0.15, 0.2) is 47.1 Å². The van der Waals surface area contributed by atoms with Gasteiger partial charge in [0.05, 0.1) is 11.7 Å². The molecule has 36 heavy (non-hydrogen) atoms. The van der Waals surface area contributed by atoms with Crippen LogP contribution in [0, 0.1) is 5.82 Å². The molecule has 1 saturated heterocycles. The van der Waals surface area contributed by atoms with Crippen molar-refractivity contribution in [3.63, 3.8) is 0 Å². The number of anilines is 1. The lowest BCUT2D eigenvalue weighted by Gasteiger charge is -2.24. The molecule has 2 heterocycles. The fourth-order valence-corrected chi connectivity index (χ4v) is 4.73. The van der Waals surface area contributed by atoms with Crippen molar-refractivity contribution < 1.29 is 36.3 Å². The third-order valence-electron chi connectivity index (χ3n) is 5.95. The first kappa shape index (κ1) is 26.1. The first-order valence-corrected chi connectivity index (χ1v) is 11.7. The second kappa shape index (κ2) is 10.2. The molecule has 6 nitrogen and oxygen atoms in total. The van der Waals surface area contributed by atoms with Crippen LogP contribution in [0.25, 0.3) is 10.9 Å². The van der Waals surface area contributed by atoms with Crippen LogP contribution >= 0.6 is 15.9 Å². The predicted molar refractivity (Wildman–Crippen MR) is 126 cm³/mol. The highest BCUT2D eigenvalue weighted by Gasteiger charge is 2.37. The van der Waals surface area contributed by atoms with Crippen LogP contribution in [0.4, 0.5) is 27.6 Å². The number of hydrogen-bond donors (Lipinski definition) is 1. The van der Waals surface area contributed by atoms with E-state index in [1.165, 1.54) is 6.92 Å². The van der Waals surface area contributed by atoms with Gasteiger partial charge in [-0.15, -0.1) is 13.2 Å². The number of Topliss-reactive ketones (excluding diaryl/α,β-unsaturated/α-hetero) is 1. The van der Waals surface area contributed by atoms with E-state index in [9.17, 15) is 31.5 Å². The molecule has 1 fully saturated rings. The molecule has 0 aliphatic carbocycles. The summed E-state index contributed by atoms with van der Waals surface area (Å²) in [5.74, 6) is -3.33. The van der Waals surface area contributed by atoms with E-state index in [0.717, 1.165) is 33.6 Å². The molecular weight excluding hydrogens is 553 g/mol. The van der Waals surface area contributed by atoms with Gasteiger partial charge in [0.2, 0.25) is 5.91 Å². The summed E-state index contributed by atoms with van der Waals surface area (Å²) < 4.78 is 72.5. The van der Waals surface area contributed by atoms with Gasteiger partial charge in [-0.2, -0.15) is 0 Å². The predicted octanol–water partition coefficient (Wildman–Crippen LogP) is 5.70. The second-order valence-corrected chi connectivity index (χ2v) is 9.37. The van der Waals surface area contributed by atoms with Crippen LogP contribution in [0.2, 0.25) is 0 Å². The van der Waals surface area contributed by atoms with Crippen LogP contribution < -0.4 is 10.1 Å². The number of hydrogen-bond acceptors (Lipinski definition) is 4. The zero-order valence-electron chi connectivity index (χ0n) is 18.9. The Hall–Kier alpha value is -2.99. The minimum atomic E-state index is -5.10. The molecule has 0 unspecified atom stereocenters. The maximum absolute atomic E-state index is 14.5. The van der Waals surface area contributed by atoms with Crippen molar-refractivity contribution in [2.24, 2.45) is 0 Å². The molecule has 1 N–H and O–H groups in total. The number of ether oxygens (including phenoxy) is 1. The summed E-state index contributed by atoms with van der Waals surface area (Å²) >= 11 is 3.39. The number of carbonyl (C=O) groups excluding carboxylic acids is 2. The number of fused-ring (bicyclic) bond motifs is 1. The molecule has 4 rings (SSSR count). The monoisotopic (exact) mass is 573 g/mol. The van der Waals surface area contributed by atoms with E-state index in [2.05, 4.69) is 26.0 Å². The lowest BCUT2D eigenvalue weighted by atomic mass is 10.1. The quantitative estimate of drug-likeness (QED) is 0.291. The van der Waals surface area contributed by atoms with Crippen LogP contribution in [0.3, 0.4) is 0 Å². The summed E-state index contributed by atoms with van der Waals surface area (Å²) in [5.41, 5.74) is 0.822. The van der Waals surface area contributed by atoms with Gasteiger partial charge in [-0.3, -0.25) is 14.5 Å². The van der Waals surface area contributed by atoms with E-state index in [-0.39, 0.29) is 25.3 Å². The SMILES string of the molecule is CC(=O)c1cn(CCN2C[C@H](F)C[C@H]2C(=O)Nc2cccc(OC(F)(F)F)c2F)c2ccc(Br)cc12. The van der Waals surface area contributed by atoms with Gasteiger partial charge in [0.1, 0.15) is 6.17 Å². The number of benzene rings is 2. The van der Waals surface area contributed by atoms with Crippen molar-refractivity contribution in [3.8, 4) is 5.75 Å². The number of carbonyl (C=O) groups is 2. The lowest BCUT2D eigenvalue weighted by Crippen LogP contribution is -2.41. The molecule has 0 bridgehead atoms. The van der Waals surface area contributed by atoms with Gasteiger partial charge in [-0.25, -0.2) is 8.78 Å². The van der Waals surface area contributed by atoms with Crippen molar-refractivity contribution in [2.45, 2.75) is 38.5 Å². The van der Waals surface area contributed by atoms with E-state index in [1.807, 2.05) is 22.8 Å². The Bertz CT molecular complexity index is 1310. The van der Waals surface area contributed by atoms with Crippen molar-refractivity contribution in [2.75, 3.05) is 18.4 Å². The van der Waals surface area contributed by atoms with Gasteiger partial charge in [0.25, 0.3) is 0 Å². The molecule has 192 valence electrons. The molecule has 1 amide bonds. The average Bonchev–Trinajstić information content (AvgIpc) is 3.34. The number of nitrogens with one attached hydrogen (secondary N) is 1. The number of rotatable bonds is 7. The molecule has 12 heteroatoms. The van der Waals surface area contributed by atoms with E-state index >= 15 is 0 Å². The van der Waals surface area contributed by atoms with E-state index < -0.39 is 41.7 Å². The Balaban J connectivity index is 1.50. The van der Waals surface area contributed by atoms with E-state index in [4.69, 9.17) is 0 Å². The van der Waals surface area contributed by atoms with Gasteiger partial charge in [0.15, 0.2) is 17.3 Å². The van der Waals surface area contributed by atoms with E-state index in [0.29, 0.717) is 12.1 Å². The highest BCUT2D eigenvalue weighted by atomic mass is 79.9. The molecule has 2 aromatic carbocycles. The van der Waals surface area contributed by atoms with Gasteiger partial charge < -0.3 is 14.6 Å². The molecular formula is C24H21BrF5N3O3. The highest BCUT2D eigenvalue weighted by molar-refractivity contribution is 9.10. The average molecular weight is 574 g/mol. The van der Waals surface area contributed by atoms with E-state index in [1.54, 1.807) is 11.1 Å². The van der Waals surface area contributed by atoms with Gasteiger partial charge in [-0.1, -0.05) is 22.0 Å². The molecule has 1 aromatic heterocycles. The summed E-state index contributed by atoms with van der Waals surface area (Å²) in [5, 5.41) is 3.01. The van der Waals surface area contributed by atoms with Crippen LogP contribution in [0.5, 0.6) is 5.75 Å². The Morgan fingerprint density at radius 3 is 2.64 bits per heavy atom. The van der Waals surface area contributed by atoms with Gasteiger partial charge in [0, 0.05) is 53.2 Å². The lowest BCUT2D eigenvalue weighted by molar-refractivity contribution is -0.275. The first-order chi connectivity index (χ1) is 16.9. The molecule has 2 atom stereocenters. The third kappa shape index (κ3) is 5.70. The molecule has 0 spiro atoms. The number of amides is 1. The number of aromatic nitrogens is 1. The summed E-state index contributed by atoms with van der Waals surface area (Å²) in [4.78, 5) is 26.5. The smallest absolute Gasteiger partial charge is 0.403 e. The van der Waals surface area contributed by atoms with Crippen LogP contribution in [0.1, 0.15) is 23.7 Å². The minimum absolute atomic E-state index is 0.0396. The number of ketones is 1. The minimum Gasteiger partial charge on any atom is -0.403 e. The Kier molecular flexibility index (Phi) is 7.37. The zero-order valence-corrected chi connectivity index (χ0v) is 20.5. The van der Waals surface area contributed by atoms with Crippen molar-refractivity contribution >= 4 is 44.2 Å². The van der Waals surface area contributed by atoms with Crippen molar-refractivity contribution in [1.82, 2.24) is 9.47 Å². The molecule has 1 aliphatic heterocycles. The highest BCUT2D eigenvalue weighted by Crippen LogP contribution is 2.31. The summed E-state index contributed by atoms with van der Waals surface area (Å²) in [6.45, 7) is 2.01. The first-order valence-electron chi connectivity index (χ1n) is 11.0. The maximum Gasteiger partial charge on any atom is 0.573 e. The largest absolute Gasteiger partial charge is 0.573 e. The van der Waals surface area contributed by atoms with Crippen LogP contribution in [-0.2, 0) is 11.3 Å². The Morgan fingerprint density at radius 2 is 1.94 bits per heavy atom. The number of nitrogens with zero attached hydrogens (tertiary/aromatic N) is 2. The summed E-state index contributed by atoms with van der Waals surface area (Å²) in [6.07, 6.45) is -4.85. The van der Waals surface area contributed by atoms with Gasteiger partial charge >= 0.3 is 6.36 Å². The third-order valence-corrected chi connectivity index (χ3v) is 6.45. The Morgan fingerprint density at radius 1 is 1.19 bits per heavy atom. The second-order valence-electron chi connectivity index (χ2n) is 8.45. The molecule has 0 saturated carbocycles. The molecule has 0 radical (unpaired) electrons.